The van der Waals surface area contributed by atoms with E-state index in [2.05, 4.69) is 5.32 Å². The van der Waals surface area contributed by atoms with Crippen molar-refractivity contribution in [1.82, 2.24) is 5.32 Å². The molecule has 0 unspecified atom stereocenters. The molecule has 1 rings (SSSR count). The minimum atomic E-state index is -0.861. The summed E-state index contributed by atoms with van der Waals surface area (Å²) in [5.41, 5.74) is 2.28. The van der Waals surface area contributed by atoms with E-state index in [-0.39, 0.29) is 18.9 Å². The van der Waals surface area contributed by atoms with E-state index in [0.29, 0.717) is 18.7 Å². The molecule has 0 radical (unpaired) electrons. The number of carboxylic acid groups (broad SMARTS) is 1. The number of hydrogen-bond donors (Lipinski definition) is 2. The Morgan fingerprint density at radius 2 is 2.00 bits per heavy atom. The zero-order valence-electron chi connectivity index (χ0n) is 11.2. The number of aryl methyl sites for hydroxylation is 2. The standard InChI is InChI=1S/C14H19NO4/c1-10-5-6-12(8-11(10)2)19-9-13(16)15-7-3-4-14(17)18/h5-6,8H,3-4,7,9H2,1-2H3,(H,15,16)(H,17,18). The summed E-state index contributed by atoms with van der Waals surface area (Å²) in [7, 11) is 0. The Hall–Kier alpha value is -2.04. The van der Waals surface area contributed by atoms with Crippen molar-refractivity contribution in [2.24, 2.45) is 0 Å². The van der Waals surface area contributed by atoms with Gasteiger partial charge in [0.25, 0.3) is 5.91 Å². The minimum absolute atomic E-state index is 0.0539. The summed E-state index contributed by atoms with van der Waals surface area (Å²) < 4.78 is 5.35. The van der Waals surface area contributed by atoms with Gasteiger partial charge in [0.05, 0.1) is 0 Å². The van der Waals surface area contributed by atoms with Crippen LogP contribution in [0, 0.1) is 13.8 Å². The first-order chi connectivity index (χ1) is 8.99. The Balaban J connectivity index is 2.26. The van der Waals surface area contributed by atoms with Gasteiger partial charge >= 0.3 is 5.97 Å². The van der Waals surface area contributed by atoms with Gasteiger partial charge in [-0.15, -0.1) is 0 Å². The van der Waals surface area contributed by atoms with Gasteiger partial charge in [0.2, 0.25) is 0 Å². The number of aliphatic carboxylic acids is 1. The molecule has 0 aliphatic carbocycles. The molecular formula is C14H19NO4. The summed E-state index contributed by atoms with van der Waals surface area (Å²) in [6, 6.07) is 5.64. The fourth-order valence-corrected chi connectivity index (χ4v) is 1.47. The smallest absolute Gasteiger partial charge is 0.303 e. The van der Waals surface area contributed by atoms with Crippen LogP contribution >= 0.6 is 0 Å². The summed E-state index contributed by atoms with van der Waals surface area (Å²) in [6.07, 6.45) is 0.475. The molecule has 1 aromatic carbocycles. The highest BCUT2D eigenvalue weighted by Gasteiger charge is 2.04. The molecule has 1 aromatic rings. The number of hydrogen-bond acceptors (Lipinski definition) is 3. The maximum atomic E-state index is 11.4. The number of carbonyl (C=O) groups excluding carboxylic acids is 1. The molecule has 5 heteroatoms. The van der Waals surface area contributed by atoms with Crippen LogP contribution in [-0.2, 0) is 9.59 Å². The highest BCUT2D eigenvalue weighted by atomic mass is 16.5. The molecule has 0 saturated carbocycles. The third-order valence-electron chi connectivity index (χ3n) is 2.74. The second kappa shape index (κ2) is 7.41. The maximum Gasteiger partial charge on any atom is 0.303 e. The van der Waals surface area contributed by atoms with E-state index in [1.165, 1.54) is 5.56 Å². The quantitative estimate of drug-likeness (QED) is 0.735. The van der Waals surface area contributed by atoms with Gasteiger partial charge in [-0.3, -0.25) is 9.59 Å². The molecule has 0 heterocycles. The van der Waals surface area contributed by atoms with Crippen LogP contribution in [0.1, 0.15) is 24.0 Å². The summed E-state index contributed by atoms with van der Waals surface area (Å²) >= 11 is 0. The number of carbonyl (C=O) groups is 2. The summed E-state index contributed by atoms with van der Waals surface area (Å²) in [5.74, 6) is -0.451. The first-order valence-electron chi connectivity index (χ1n) is 6.17. The number of benzene rings is 1. The van der Waals surface area contributed by atoms with Gasteiger partial charge in [-0.05, 0) is 43.5 Å². The minimum Gasteiger partial charge on any atom is -0.484 e. The Morgan fingerprint density at radius 3 is 2.63 bits per heavy atom. The second-order valence-electron chi connectivity index (χ2n) is 4.38. The number of nitrogens with one attached hydrogen (secondary N) is 1. The lowest BCUT2D eigenvalue weighted by atomic mass is 10.1. The van der Waals surface area contributed by atoms with Crippen LogP contribution in [0.2, 0.25) is 0 Å². The van der Waals surface area contributed by atoms with Crippen molar-refractivity contribution in [3.05, 3.63) is 29.3 Å². The molecule has 0 atom stereocenters. The van der Waals surface area contributed by atoms with E-state index in [9.17, 15) is 9.59 Å². The van der Waals surface area contributed by atoms with Crippen molar-refractivity contribution in [2.75, 3.05) is 13.2 Å². The highest BCUT2D eigenvalue weighted by molar-refractivity contribution is 5.77. The van der Waals surface area contributed by atoms with Gasteiger partial charge in [0, 0.05) is 13.0 Å². The molecular weight excluding hydrogens is 246 g/mol. The molecule has 5 nitrogen and oxygen atoms in total. The Bertz CT molecular complexity index is 457. The molecule has 2 N–H and O–H groups in total. The maximum absolute atomic E-state index is 11.4. The SMILES string of the molecule is Cc1ccc(OCC(=O)NCCCC(=O)O)cc1C. The third kappa shape index (κ3) is 5.90. The lowest BCUT2D eigenvalue weighted by Crippen LogP contribution is -2.29. The fourth-order valence-electron chi connectivity index (χ4n) is 1.47. The van der Waals surface area contributed by atoms with Crippen LogP contribution < -0.4 is 10.1 Å². The molecule has 0 bridgehead atoms. The average molecular weight is 265 g/mol. The molecule has 0 fully saturated rings. The van der Waals surface area contributed by atoms with E-state index < -0.39 is 5.97 Å². The highest BCUT2D eigenvalue weighted by Crippen LogP contribution is 2.16. The van der Waals surface area contributed by atoms with E-state index in [1.54, 1.807) is 0 Å². The van der Waals surface area contributed by atoms with E-state index in [0.717, 1.165) is 5.56 Å². The van der Waals surface area contributed by atoms with E-state index in [1.807, 2.05) is 32.0 Å². The molecule has 1 amide bonds. The normalized spacial score (nSPS) is 10.0. The van der Waals surface area contributed by atoms with Crippen molar-refractivity contribution in [2.45, 2.75) is 26.7 Å². The van der Waals surface area contributed by atoms with Crippen molar-refractivity contribution < 1.29 is 19.4 Å². The lowest BCUT2D eigenvalue weighted by molar-refractivity contribution is -0.137. The predicted octanol–water partition coefficient (Wildman–Crippen LogP) is 1.66. The first-order valence-corrected chi connectivity index (χ1v) is 6.17. The van der Waals surface area contributed by atoms with Gasteiger partial charge in [-0.25, -0.2) is 0 Å². The topological polar surface area (TPSA) is 75.6 Å². The van der Waals surface area contributed by atoms with Crippen LogP contribution in [0.3, 0.4) is 0 Å². The Kier molecular flexibility index (Phi) is 5.85. The van der Waals surface area contributed by atoms with Crippen molar-refractivity contribution in [1.29, 1.82) is 0 Å². The Morgan fingerprint density at radius 1 is 1.26 bits per heavy atom. The zero-order chi connectivity index (χ0) is 14.3. The largest absolute Gasteiger partial charge is 0.484 e. The van der Waals surface area contributed by atoms with Gasteiger partial charge in [0.15, 0.2) is 6.61 Å². The number of ether oxygens (including phenoxy) is 1. The van der Waals surface area contributed by atoms with Crippen LogP contribution in [-0.4, -0.2) is 30.1 Å². The fraction of sp³-hybridized carbons (Fsp3) is 0.429. The molecule has 0 aliphatic rings. The van der Waals surface area contributed by atoms with Gasteiger partial charge in [-0.1, -0.05) is 6.07 Å². The Labute approximate surface area is 112 Å². The first kappa shape index (κ1) is 15.0. The third-order valence-corrected chi connectivity index (χ3v) is 2.74. The van der Waals surface area contributed by atoms with Gasteiger partial charge in [-0.2, -0.15) is 0 Å². The number of rotatable bonds is 7. The zero-order valence-corrected chi connectivity index (χ0v) is 11.2. The van der Waals surface area contributed by atoms with Crippen LogP contribution in [0.25, 0.3) is 0 Å². The van der Waals surface area contributed by atoms with E-state index >= 15 is 0 Å². The van der Waals surface area contributed by atoms with Crippen molar-refractivity contribution in [3.8, 4) is 5.75 Å². The second-order valence-corrected chi connectivity index (χ2v) is 4.38. The predicted molar refractivity (Wildman–Crippen MR) is 71.3 cm³/mol. The average Bonchev–Trinajstić information content (AvgIpc) is 2.36. The molecule has 104 valence electrons. The van der Waals surface area contributed by atoms with Gasteiger partial charge in [0.1, 0.15) is 5.75 Å². The number of amides is 1. The summed E-state index contributed by atoms with van der Waals surface area (Å²) in [5, 5.41) is 11.0. The molecule has 19 heavy (non-hydrogen) atoms. The van der Waals surface area contributed by atoms with Crippen LogP contribution in [0.15, 0.2) is 18.2 Å². The molecule has 0 aliphatic heterocycles. The van der Waals surface area contributed by atoms with Gasteiger partial charge < -0.3 is 15.2 Å². The number of carboxylic acids is 1. The lowest BCUT2D eigenvalue weighted by Gasteiger charge is -2.08. The van der Waals surface area contributed by atoms with Crippen molar-refractivity contribution >= 4 is 11.9 Å². The summed E-state index contributed by atoms with van der Waals surface area (Å²) in [4.78, 5) is 21.7. The molecule has 0 saturated heterocycles. The van der Waals surface area contributed by atoms with E-state index in [4.69, 9.17) is 9.84 Å². The monoisotopic (exact) mass is 265 g/mol. The molecule has 0 aromatic heterocycles. The van der Waals surface area contributed by atoms with Crippen LogP contribution in [0.4, 0.5) is 0 Å². The summed E-state index contributed by atoms with van der Waals surface area (Å²) in [6.45, 7) is 4.28. The van der Waals surface area contributed by atoms with Crippen LogP contribution in [0.5, 0.6) is 5.75 Å². The molecule has 0 spiro atoms. The van der Waals surface area contributed by atoms with Crippen molar-refractivity contribution in [3.63, 3.8) is 0 Å².